The summed E-state index contributed by atoms with van der Waals surface area (Å²) in [5, 5.41) is 2.93. The molecule has 22 heavy (non-hydrogen) atoms. The summed E-state index contributed by atoms with van der Waals surface area (Å²) in [6.45, 7) is 9.89. The van der Waals surface area contributed by atoms with Crippen LogP contribution < -0.4 is 10.1 Å². The molecule has 0 spiro atoms. The van der Waals surface area contributed by atoms with Gasteiger partial charge in [-0.25, -0.2) is 4.79 Å². The summed E-state index contributed by atoms with van der Waals surface area (Å²) < 4.78 is 5.68. The first-order chi connectivity index (χ1) is 10.7. The van der Waals surface area contributed by atoms with E-state index >= 15 is 0 Å². The van der Waals surface area contributed by atoms with Crippen molar-refractivity contribution < 1.29 is 9.53 Å². The van der Waals surface area contributed by atoms with E-state index in [2.05, 4.69) is 30.1 Å². The fourth-order valence-electron chi connectivity index (χ4n) is 2.56. The van der Waals surface area contributed by atoms with E-state index in [4.69, 9.17) is 4.74 Å². The van der Waals surface area contributed by atoms with Crippen LogP contribution in [0.2, 0.25) is 0 Å². The maximum Gasteiger partial charge on any atom is 0.317 e. The first kappa shape index (κ1) is 16.6. The van der Waals surface area contributed by atoms with Crippen molar-refractivity contribution in [3.8, 4) is 5.75 Å². The number of hydrogen-bond donors (Lipinski definition) is 1. The Morgan fingerprint density at radius 3 is 2.68 bits per heavy atom. The average molecular weight is 305 g/mol. The van der Waals surface area contributed by atoms with Crippen LogP contribution in [0.1, 0.15) is 19.4 Å². The lowest BCUT2D eigenvalue weighted by molar-refractivity contribution is 0.142. The topological polar surface area (TPSA) is 44.8 Å². The molecular weight excluding hydrogens is 278 g/mol. The Bertz CT molecular complexity index is 471. The lowest BCUT2D eigenvalue weighted by Gasteiger charge is -2.33. The van der Waals surface area contributed by atoms with Gasteiger partial charge >= 0.3 is 6.03 Å². The van der Waals surface area contributed by atoms with Gasteiger partial charge in [0.2, 0.25) is 0 Å². The summed E-state index contributed by atoms with van der Waals surface area (Å²) in [5.41, 5.74) is 1.26. The van der Waals surface area contributed by atoms with Crippen molar-refractivity contribution in [1.29, 1.82) is 0 Å². The van der Waals surface area contributed by atoms with Gasteiger partial charge in [0.15, 0.2) is 0 Å². The molecule has 0 aromatic heterocycles. The molecule has 1 saturated heterocycles. The fourth-order valence-corrected chi connectivity index (χ4v) is 2.56. The van der Waals surface area contributed by atoms with E-state index in [1.807, 2.05) is 23.1 Å². The van der Waals surface area contributed by atoms with E-state index in [0.717, 1.165) is 44.9 Å². The molecule has 1 aromatic carbocycles. The van der Waals surface area contributed by atoms with Crippen LogP contribution in [0.4, 0.5) is 4.79 Å². The molecule has 0 radical (unpaired) electrons. The van der Waals surface area contributed by atoms with Gasteiger partial charge in [0.1, 0.15) is 12.4 Å². The number of nitrogens with zero attached hydrogens (tertiary/aromatic N) is 2. The highest BCUT2D eigenvalue weighted by atomic mass is 16.5. The van der Waals surface area contributed by atoms with Gasteiger partial charge in [0, 0.05) is 26.2 Å². The summed E-state index contributed by atoms with van der Waals surface area (Å²) in [6, 6.07) is 8.10. The predicted octanol–water partition coefficient (Wildman–Crippen LogP) is 1.97. The number of ether oxygens (including phenoxy) is 1. The quantitative estimate of drug-likeness (QED) is 0.817. The summed E-state index contributed by atoms with van der Waals surface area (Å²) in [5.74, 6) is 0.866. The van der Waals surface area contributed by atoms with Crippen LogP contribution in [0.15, 0.2) is 24.3 Å². The molecule has 1 aliphatic rings. The highest BCUT2D eigenvalue weighted by Crippen LogP contribution is 2.13. The highest BCUT2D eigenvalue weighted by molar-refractivity contribution is 5.74. The zero-order chi connectivity index (χ0) is 15.8. The number of hydrogen-bond acceptors (Lipinski definition) is 3. The highest BCUT2D eigenvalue weighted by Gasteiger charge is 2.19. The van der Waals surface area contributed by atoms with Crippen molar-refractivity contribution in [3.05, 3.63) is 29.8 Å². The molecule has 0 saturated carbocycles. The van der Waals surface area contributed by atoms with Crippen LogP contribution in [0.25, 0.3) is 0 Å². The largest absolute Gasteiger partial charge is 0.492 e. The molecule has 2 amide bonds. The zero-order valence-corrected chi connectivity index (χ0v) is 13.7. The molecule has 0 unspecified atom stereocenters. The second-order valence-electron chi connectivity index (χ2n) is 5.50. The number of piperazine rings is 1. The number of urea groups is 1. The van der Waals surface area contributed by atoms with Crippen molar-refractivity contribution in [3.63, 3.8) is 0 Å². The van der Waals surface area contributed by atoms with Crippen LogP contribution >= 0.6 is 0 Å². The number of carbonyl (C=O) groups is 1. The predicted molar refractivity (Wildman–Crippen MR) is 88.4 cm³/mol. The lowest BCUT2D eigenvalue weighted by Crippen LogP contribution is -2.52. The third kappa shape index (κ3) is 4.91. The first-order valence-corrected chi connectivity index (χ1v) is 8.19. The number of likely N-dealkylation sites (N-methyl/N-ethyl adjacent to an activating group) is 1. The van der Waals surface area contributed by atoms with Crippen LogP contribution in [0.5, 0.6) is 5.75 Å². The Morgan fingerprint density at radius 2 is 2.00 bits per heavy atom. The minimum Gasteiger partial charge on any atom is -0.492 e. The molecule has 0 bridgehead atoms. The number of amides is 2. The van der Waals surface area contributed by atoms with E-state index in [1.54, 1.807) is 0 Å². The zero-order valence-electron chi connectivity index (χ0n) is 13.7. The molecule has 0 atom stereocenters. The van der Waals surface area contributed by atoms with Gasteiger partial charge in [0.05, 0.1) is 6.54 Å². The molecule has 5 heteroatoms. The Hall–Kier alpha value is -1.75. The molecule has 1 fully saturated rings. The Labute approximate surface area is 133 Å². The summed E-state index contributed by atoms with van der Waals surface area (Å²) in [7, 11) is 0. The number of rotatable bonds is 6. The average Bonchev–Trinajstić information content (AvgIpc) is 2.58. The van der Waals surface area contributed by atoms with Crippen molar-refractivity contribution in [1.82, 2.24) is 15.1 Å². The number of benzene rings is 1. The molecule has 0 aliphatic carbocycles. The van der Waals surface area contributed by atoms with Gasteiger partial charge in [0.25, 0.3) is 0 Å². The molecular formula is C17H27N3O2. The first-order valence-electron chi connectivity index (χ1n) is 8.19. The Balaban J connectivity index is 1.65. The monoisotopic (exact) mass is 305 g/mol. The van der Waals surface area contributed by atoms with Gasteiger partial charge in [-0.2, -0.15) is 0 Å². The maximum absolute atomic E-state index is 12.0. The third-order valence-electron chi connectivity index (χ3n) is 4.06. The van der Waals surface area contributed by atoms with Gasteiger partial charge in [-0.05, 0) is 30.7 Å². The Morgan fingerprint density at radius 1 is 1.23 bits per heavy atom. The van der Waals surface area contributed by atoms with E-state index in [1.165, 1.54) is 5.56 Å². The molecule has 1 aromatic rings. The molecule has 122 valence electrons. The van der Waals surface area contributed by atoms with Crippen LogP contribution in [0.3, 0.4) is 0 Å². The Kier molecular flexibility index (Phi) is 6.52. The van der Waals surface area contributed by atoms with E-state index < -0.39 is 0 Å². The molecule has 1 aliphatic heterocycles. The number of nitrogens with one attached hydrogen (secondary N) is 1. The van der Waals surface area contributed by atoms with Crippen molar-refractivity contribution >= 4 is 6.03 Å². The summed E-state index contributed by atoms with van der Waals surface area (Å²) in [6.07, 6.45) is 0.998. The third-order valence-corrected chi connectivity index (χ3v) is 4.06. The van der Waals surface area contributed by atoms with Crippen LogP contribution in [-0.4, -0.2) is 61.7 Å². The maximum atomic E-state index is 12.0. The van der Waals surface area contributed by atoms with Gasteiger partial charge in [-0.1, -0.05) is 26.0 Å². The second kappa shape index (κ2) is 8.63. The van der Waals surface area contributed by atoms with Crippen molar-refractivity contribution in [2.24, 2.45) is 0 Å². The minimum atomic E-state index is 0.0154. The summed E-state index contributed by atoms with van der Waals surface area (Å²) >= 11 is 0. The van der Waals surface area contributed by atoms with Crippen LogP contribution in [-0.2, 0) is 6.42 Å². The van der Waals surface area contributed by atoms with E-state index in [0.29, 0.717) is 13.2 Å². The molecule has 1 heterocycles. The molecule has 5 nitrogen and oxygen atoms in total. The van der Waals surface area contributed by atoms with Gasteiger partial charge < -0.3 is 19.9 Å². The smallest absolute Gasteiger partial charge is 0.317 e. The van der Waals surface area contributed by atoms with E-state index in [9.17, 15) is 4.79 Å². The summed E-state index contributed by atoms with van der Waals surface area (Å²) in [4.78, 5) is 16.3. The van der Waals surface area contributed by atoms with Crippen molar-refractivity contribution in [2.45, 2.75) is 20.3 Å². The van der Waals surface area contributed by atoms with E-state index in [-0.39, 0.29) is 6.03 Å². The lowest BCUT2D eigenvalue weighted by atomic mass is 10.2. The normalized spacial score (nSPS) is 15.6. The fraction of sp³-hybridized carbons (Fsp3) is 0.588. The SMILES string of the molecule is CCc1cccc(OCCNC(=O)N2CCN(CC)CC2)c1. The van der Waals surface area contributed by atoms with Gasteiger partial charge in [-0.15, -0.1) is 0 Å². The van der Waals surface area contributed by atoms with Crippen LogP contribution in [0, 0.1) is 0 Å². The number of aryl methyl sites for hydroxylation is 1. The minimum absolute atomic E-state index is 0.0154. The number of carbonyl (C=O) groups excluding carboxylic acids is 1. The van der Waals surface area contributed by atoms with Crippen molar-refractivity contribution in [2.75, 3.05) is 45.9 Å². The standard InChI is InChI=1S/C17H27N3O2/c1-3-15-6-5-7-16(14-15)22-13-8-18-17(21)20-11-9-19(4-2)10-12-20/h5-7,14H,3-4,8-13H2,1-2H3,(H,18,21). The molecule has 1 N–H and O–H groups in total. The molecule has 2 rings (SSSR count). The van der Waals surface area contributed by atoms with Gasteiger partial charge in [-0.3, -0.25) is 0 Å². The second-order valence-corrected chi connectivity index (χ2v) is 5.50.